The first-order valence-corrected chi connectivity index (χ1v) is 13.2. The lowest BCUT2D eigenvalue weighted by molar-refractivity contribution is -0.150. The SMILES string of the molecule is CC(C)C1CC(c2ccc([C@]3(C)CC(=O)N(C4CC(C(=O)O)C4)C=C3C3CC(F)(F)C3)cc2Cl)C1. The van der Waals surface area contributed by atoms with Crippen molar-refractivity contribution in [2.24, 2.45) is 23.7 Å². The van der Waals surface area contributed by atoms with Crippen molar-refractivity contribution < 1.29 is 23.5 Å². The van der Waals surface area contributed by atoms with Crippen LogP contribution in [0.1, 0.15) is 82.8 Å². The van der Waals surface area contributed by atoms with Crippen molar-refractivity contribution in [2.75, 3.05) is 0 Å². The molecule has 1 amide bonds. The molecule has 3 fully saturated rings. The number of allylic oxidation sites excluding steroid dienone is 1. The van der Waals surface area contributed by atoms with E-state index in [0.717, 1.165) is 35.5 Å². The van der Waals surface area contributed by atoms with E-state index >= 15 is 0 Å². The van der Waals surface area contributed by atoms with Crippen LogP contribution in [-0.2, 0) is 15.0 Å². The molecule has 1 N–H and O–H groups in total. The van der Waals surface area contributed by atoms with Gasteiger partial charge in [-0.15, -0.1) is 0 Å². The summed E-state index contributed by atoms with van der Waals surface area (Å²) in [5, 5.41) is 9.92. The summed E-state index contributed by atoms with van der Waals surface area (Å²) in [4.78, 5) is 26.1. The van der Waals surface area contributed by atoms with Gasteiger partial charge in [-0.25, -0.2) is 8.78 Å². The van der Waals surface area contributed by atoms with E-state index in [1.165, 1.54) is 0 Å². The molecule has 0 aromatic heterocycles. The normalized spacial score (nSPS) is 34.7. The third-order valence-electron chi connectivity index (χ3n) is 9.29. The molecule has 1 aliphatic heterocycles. The Kier molecular flexibility index (Phi) is 6.05. The summed E-state index contributed by atoms with van der Waals surface area (Å²) in [5.41, 5.74) is 2.15. The highest BCUT2D eigenvalue weighted by Gasteiger charge is 2.54. The van der Waals surface area contributed by atoms with E-state index in [4.69, 9.17) is 11.6 Å². The first-order chi connectivity index (χ1) is 16.4. The van der Waals surface area contributed by atoms with E-state index in [-0.39, 0.29) is 37.1 Å². The summed E-state index contributed by atoms with van der Waals surface area (Å²) in [7, 11) is 0. The molecule has 4 aliphatic rings. The summed E-state index contributed by atoms with van der Waals surface area (Å²) in [6, 6.07) is 5.86. The highest BCUT2D eigenvalue weighted by molar-refractivity contribution is 6.31. The number of carboxylic acid groups (broad SMARTS) is 1. The fourth-order valence-electron chi connectivity index (χ4n) is 6.55. The zero-order chi connectivity index (χ0) is 25.3. The Morgan fingerprint density at radius 2 is 1.80 bits per heavy atom. The van der Waals surface area contributed by atoms with E-state index in [1.807, 2.05) is 19.1 Å². The van der Waals surface area contributed by atoms with Gasteiger partial charge in [0.05, 0.1) is 5.92 Å². The molecule has 1 atom stereocenters. The van der Waals surface area contributed by atoms with Gasteiger partial charge in [0.1, 0.15) is 0 Å². The largest absolute Gasteiger partial charge is 0.481 e. The number of halogens is 3. The van der Waals surface area contributed by atoms with E-state index in [0.29, 0.717) is 29.7 Å². The lowest BCUT2D eigenvalue weighted by atomic mass is 9.61. The Balaban J connectivity index is 1.43. The van der Waals surface area contributed by atoms with Gasteiger partial charge in [-0.2, -0.15) is 0 Å². The Hall–Kier alpha value is -1.95. The molecule has 4 nitrogen and oxygen atoms in total. The molecule has 0 saturated heterocycles. The molecule has 0 unspecified atom stereocenters. The molecule has 1 aromatic rings. The maximum Gasteiger partial charge on any atom is 0.306 e. The number of aliphatic carboxylic acids is 1. The second-order valence-electron chi connectivity index (χ2n) is 11.9. The molecule has 1 aromatic carbocycles. The van der Waals surface area contributed by atoms with Crippen LogP contribution in [0.15, 0.2) is 30.0 Å². The van der Waals surface area contributed by atoms with Gasteiger partial charge < -0.3 is 10.0 Å². The molecule has 5 rings (SSSR count). The van der Waals surface area contributed by atoms with Gasteiger partial charge in [0.25, 0.3) is 0 Å². The minimum absolute atomic E-state index is 0.0878. The molecule has 7 heteroatoms. The Labute approximate surface area is 210 Å². The predicted octanol–water partition coefficient (Wildman–Crippen LogP) is 6.77. The van der Waals surface area contributed by atoms with E-state index in [9.17, 15) is 23.5 Å². The summed E-state index contributed by atoms with van der Waals surface area (Å²) < 4.78 is 27.8. The molecule has 3 aliphatic carbocycles. The zero-order valence-electron chi connectivity index (χ0n) is 20.6. The van der Waals surface area contributed by atoms with Gasteiger partial charge in [-0.1, -0.05) is 44.5 Å². The van der Waals surface area contributed by atoms with Gasteiger partial charge in [-0.3, -0.25) is 9.59 Å². The van der Waals surface area contributed by atoms with Crippen molar-refractivity contribution >= 4 is 23.5 Å². The van der Waals surface area contributed by atoms with Crippen molar-refractivity contribution in [3.05, 3.63) is 46.1 Å². The van der Waals surface area contributed by atoms with Crippen molar-refractivity contribution in [1.29, 1.82) is 0 Å². The zero-order valence-corrected chi connectivity index (χ0v) is 21.3. The number of alkyl halides is 2. The molecular formula is C28H34ClF2NO3. The van der Waals surface area contributed by atoms with Crippen molar-refractivity contribution in [3.8, 4) is 0 Å². The fraction of sp³-hybridized carbons (Fsp3) is 0.643. The minimum atomic E-state index is -2.68. The second-order valence-corrected chi connectivity index (χ2v) is 12.3. The number of nitrogens with zero attached hydrogens (tertiary/aromatic N) is 1. The highest BCUT2D eigenvalue weighted by atomic mass is 35.5. The van der Waals surface area contributed by atoms with Gasteiger partial charge in [-0.05, 0) is 72.1 Å². The monoisotopic (exact) mass is 505 g/mol. The van der Waals surface area contributed by atoms with Crippen LogP contribution in [0.2, 0.25) is 5.02 Å². The Bertz CT molecular complexity index is 1070. The predicted molar refractivity (Wildman–Crippen MR) is 130 cm³/mol. The maximum atomic E-state index is 13.9. The molecule has 190 valence electrons. The third-order valence-corrected chi connectivity index (χ3v) is 9.62. The molecular weight excluding hydrogens is 472 g/mol. The molecule has 0 spiro atoms. The first kappa shape index (κ1) is 24.7. The summed E-state index contributed by atoms with van der Waals surface area (Å²) >= 11 is 6.77. The van der Waals surface area contributed by atoms with Crippen molar-refractivity contribution in [1.82, 2.24) is 4.90 Å². The summed E-state index contributed by atoms with van der Waals surface area (Å²) in [6.07, 6.45) is 4.57. The first-order valence-electron chi connectivity index (χ1n) is 12.8. The number of hydrogen-bond donors (Lipinski definition) is 1. The number of carbonyl (C=O) groups is 2. The number of carbonyl (C=O) groups excluding carboxylic acids is 1. The standard InChI is InChI=1S/C28H34ClF2NO3/c1-15(2)16-6-17(7-16)22-5-4-20(10-24(22)29)27(3)13-25(33)32(21-8-18(9-21)26(34)35)14-23(27)19-11-28(30,31)12-19/h4-5,10,14-19,21H,6-9,11-13H2,1-3H3,(H,34,35)/t16?,17?,18?,21?,27-/m0/s1. The van der Waals surface area contributed by atoms with Crippen LogP contribution < -0.4 is 0 Å². The van der Waals surface area contributed by atoms with Crippen LogP contribution >= 0.6 is 11.6 Å². The molecule has 0 bridgehead atoms. The van der Waals surface area contributed by atoms with E-state index in [1.54, 1.807) is 11.1 Å². The molecule has 1 heterocycles. The van der Waals surface area contributed by atoms with Gasteiger partial charge in [0.2, 0.25) is 11.8 Å². The number of benzene rings is 1. The minimum Gasteiger partial charge on any atom is -0.481 e. The topological polar surface area (TPSA) is 57.6 Å². The number of hydrogen-bond acceptors (Lipinski definition) is 2. The Morgan fingerprint density at radius 1 is 1.14 bits per heavy atom. The lowest BCUT2D eigenvalue weighted by Gasteiger charge is -2.50. The quantitative estimate of drug-likeness (QED) is 0.464. The van der Waals surface area contributed by atoms with Crippen LogP contribution in [0.25, 0.3) is 0 Å². The van der Waals surface area contributed by atoms with E-state index < -0.39 is 23.2 Å². The van der Waals surface area contributed by atoms with Crippen molar-refractivity contribution in [3.63, 3.8) is 0 Å². The average molecular weight is 506 g/mol. The fourth-order valence-corrected chi connectivity index (χ4v) is 6.89. The lowest BCUT2D eigenvalue weighted by Crippen LogP contribution is -2.53. The van der Waals surface area contributed by atoms with Crippen LogP contribution in [0.4, 0.5) is 8.78 Å². The van der Waals surface area contributed by atoms with Crippen LogP contribution in [0.3, 0.4) is 0 Å². The maximum absolute atomic E-state index is 13.9. The smallest absolute Gasteiger partial charge is 0.306 e. The van der Waals surface area contributed by atoms with Crippen LogP contribution in [0, 0.1) is 23.7 Å². The number of amides is 1. The van der Waals surface area contributed by atoms with Gasteiger partial charge in [0, 0.05) is 41.9 Å². The molecule has 3 saturated carbocycles. The summed E-state index contributed by atoms with van der Waals surface area (Å²) in [6.45, 7) is 6.47. The number of rotatable bonds is 6. The van der Waals surface area contributed by atoms with Crippen LogP contribution in [0.5, 0.6) is 0 Å². The van der Waals surface area contributed by atoms with Crippen LogP contribution in [-0.4, -0.2) is 33.8 Å². The molecule has 0 radical (unpaired) electrons. The van der Waals surface area contributed by atoms with Gasteiger partial charge >= 0.3 is 5.97 Å². The molecule has 35 heavy (non-hydrogen) atoms. The third kappa shape index (κ3) is 4.30. The van der Waals surface area contributed by atoms with Crippen molar-refractivity contribution in [2.45, 2.75) is 89.0 Å². The van der Waals surface area contributed by atoms with Gasteiger partial charge in [0.15, 0.2) is 0 Å². The van der Waals surface area contributed by atoms with E-state index in [2.05, 4.69) is 19.9 Å². The number of carboxylic acids is 1. The second kappa shape index (κ2) is 8.57. The highest BCUT2D eigenvalue weighted by Crippen LogP contribution is 2.55. The Morgan fingerprint density at radius 3 is 2.34 bits per heavy atom. The summed E-state index contributed by atoms with van der Waals surface area (Å²) in [5.74, 6) is -2.54. The average Bonchev–Trinajstić information content (AvgIpc) is 2.66.